The van der Waals surface area contributed by atoms with Crippen LogP contribution in [-0.4, -0.2) is 41.7 Å². The molecule has 0 saturated carbocycles. The molecule has 0 bridgehead atoms. The number of hydrogen-bond donors (Lipinski definition) is 1. The summed E-state index contributed by atoms with van der Waals surface area (Å²) in [4.78, 5) is 13.4. The van der Waals surface area contributed by atoms with Crippen molar-refractivity contribution in [2.75, 3.05) is 19.7 Å². The third-order valence-electron chi connectivity index (χ3n) is 3.75. The van der Waals surface area contributed by atoms with Crippen molar-refractivity contribution in [2.45, 2.75) is 25.8 Å². The van der Waals surface area contributed by atoms with E-state index < -0.39 is 12.0 Å². The van der Waals surface area contributed by atoms with Crippen molar-refractivity contribution in [1.29, 1.82) is 0 Å². The number of nitrogens with zero attached hydrogens (tertiary/aromatic N) is 1. The van der Waals surface area contributed by atoms with Gasteiger partial charge in [0.2, 0.25) is 0 Å². The molecule has 1 aliphatic heterocycles. The third kappa shape index (κ3) is 3.87. The number of hydrogen-bond acceptors (Lipinski definition) is 3. The van der Waals surface area contributed by atoms with Gasteiger partial charge in [-0.3, -0.25) is 9.69 Å². The molecule has 1 fully saturated rings. The van der Waals surface area contributed by atoms with Crippen LogP contribution in [-0.2, 0) is 4.79 Å². The van der Waals surface area contributed by atoms with Crippen LogP contribution in [0.25, 0.3) is 0 Å². The summed E-state index contributed by atoms with van der Waals surface area (Å²) < 4.78 is 5.63. The molecule has 1 aromatic carbocycles. The Morgan fingerprint density at radius 1 is 1.45 bits per heavy atom. The van der Waals surface area contributed by atoms with E-state index in [2.05, 4.69) is 0 Å². The Hall–Kier alpha value is -1.26. The maximum absolute atomic E-state index is 11.3. The van der Waals surface area contributed by atoms with E-state index in [1.807, 2.05) is 24.0 Å². The molecule has 20 heavy (non-hydrogen) atoms. The highest BCUT2D eigenvalue weighted by molar-refractivity contribution is 6.30. The molecule has 0 aromatic heterocycles. The van der Waals surface area contributed by atoms with Gasteiger partial charge in [0.15, 0.2) is 0 Å². The van der Waals surface area contributed by atoms with Crippen molar-refractivity contribution >= 4 is 17.6 Å². The summed E-state index contributed by atoms with van der Waals surface area (Å²) in [5.41, 5.74) is 0. The number of piperidine rings is 1. The zero-order chi connectivity index (χ0) is 14.5. The van der Waals surface area contributed by atoms with E-state index in [4.69, 9.17) is 16.3 Å². The molecule has 5 heteroatoms. The number of benzene rings is 1. The van der Waals surface area contributed by atoms with E-state index in [9.17, 15) is 9.90 Å². The molecule has 1 heterocycles. The Morgan fingerprint density at radius 2 is 2.15 bits per heavy atom. The zero-order valence-electron chi connectivity index (χ0n) is 11.6. The van der Waals surface area contributed by atoms with Crippen molar-refractivity contribution in [3.63, 3.8) is 0 Å². The second kappa shape index (κ2) is 6.95. The number of carboxylic acids is 1. The molecule has 0 spiro atoms. The van der Waals surface area contributed by atoms with Crippen LogP contribution in [0.1, 0.15) is 19.8 Å². The lowest BCUT2D eigenvalue weighted by Gasteiger charge is -2.37. The lowest BCUT2D eigenvalue weighted by atomic mass is 9.91. The van der Waals surface area contributed by atoms with Crippen LogP contribution in [0.3, 0.4) is 0 Å². The van der Waals surface area contributed by atoms with Gasteiger partial charge in [0, 0.05) is 11.6 Å². The van der Waals surface area contributed by atoms with Gasteiger partial charge in [0.1, 0.15) is 18.4 Å². The van der Waals surface area contributed by atoms with Gasteiger partial charge >= 0.3 is 5.97 Å². The molecule has 0 amide bonds. The van der Waals surface area contributed by atoms with E-state index >= 15 is 0 Å². The summed E-state index contributed by atoms with van der Waals surface area (Å²) >= 11 is 5.81. The van der Waals surface area contributed by atoms with Gasteiger partial charge in [-0.05, 0) is 49.6 Å². The zero-order valence-corrected chi connectivity index (χ0v) is 12.3. The normalized spacial score (nSPS) is 23.5. The molecule has 2 unspecified atom stereocenters. The van der Waals surface area contributed by atoms with Gasteiger partial charge in [0.05, 0.1) is 0 Å². The van der Waals surface area contributed by atoms with Crippen LogP contribution in [0.15, 0.2) is 24.3 Å². The predicted octanol–water partition coefficient (Wildman–Crippen LogP) is 2.90. The van der Waals surface area contributed by atoms with Crippen molar-refractivity contribution in [3.8, 4) is 5.75 Å². The minimum absolute atomic E-state index is 0.191. The van der Waals surface area contributed by atoms with Crippen LogP contribution >= 0.6 is 11.6 Å². The van der Waals surface area contributed by atoms with E-state index in [0.29, 0.717) is 18.2 Å². The van der Waals surface area contributed by atoms with Crippen LogP contribution in [0.5, 0.6) is 5.75 Å². The summed E-state index contributed by atoms with van der Waals surface area (Å²) in [5, 5.41) is 10.0. The average molecular weight is 298 g/mol. The number of aliphatic carboxylic acids is 1. The Bertz CT molecular complexity index is 449. The van der Waals surface area contributed by atoms with Crippen molar-refractivity contribution in [2.24, 2.45) is 5.92 Å². The van der Waals surface area contributed by atoms with Gasteiger partial charge in [-0.1, -0.05) is 18.5 Å². The lowest BCUT2D eigenvalue weighted by molar-refractivity contribution is -0.147. The average Bonchev–Trinajstić information content (AvgIpc) is 2.40. The second-order valence-electron chi connectivity index (χ2n) is 5.24. The Labute approximate surface area is 124 Å². The maximum Gasteiger partial charge on any atom is 0.321 e. The highest BCUT2D eigenvalue weighted by atomic mass is 35.5. The summed E-state index contributed by atoms with van der Waals surface area (Å²) in [6.45, 7) is 3.94. The molecule has 1 aliphatic rings. The lowest BCUT2D eigenvalue weighted by Crippen LogP contribution is -2.50. The SMILES string of the molecule is CC1CCCN(CCOc2ccc(Cl)cc2)C1C(=O)O. The fourth-order valence-electron chi connectivity index (χ4n) is 2.74. The first-order valence-corrected chi connectivity index (χ1v) is 7.31. The smallest absolute Gasteiger partial charge is 0.321 e. The number of rotatable bonds is 5. The molecular weight excluding hydrogens is 278 g/mol. The summed E-state index contributed by atoms with van der Waals surface area (Å²) in [7, 11) is 0. The van der Waals surface area contributed by atoms with E-state index in [-0.39, 0.29) is 5.92 Å². The van der Waals surface area contributed by atoms with E-state index in [0.717, 1.165) is 25.1 Å². The first-order chi connectivity index (χ1) is 9.58. The van der Waals surface area contributed by atoms with Gasteiger partial charge in [-0.25, -0.2) is 0 Å². The first kappa shape index (κ1) is 15.1. The molecule has 2 rings (SSSR count). The monoisotopic (exact) mass is 297 g/mol. The van der Waals surface area contributed by atoms with Crippen molar-refractivity contribution in [3.05, 3.63) is 29.3 Å². The largest absolute Gasteiger partial charge is 0.492 e. The first-order valence-electron chi connectivity index (χ1n) is 6.93. The second-order valence-corrected chi connectivity index (χ2v) is 5.68. The predicted molar refractivity (Wildman–Crippen MR) is 78.3 cm³/mol. The Kier molecular flexibility index (Phi) is 5.26. The molecule has 1 aromatic rings. The summed E-state index contributed by atoms with van der Waals surface area (Å²) in [5.74, 6) is 0.215. The van der Waals surface area contributed by atoms with E-state index in [1.54, 1.807) is 12.1 Å². The fourth-order valence-corrected chi connectivity index (χ4v) is 2.86. The number of halogens is 1. The van der Waals surface area contributed by atoms with Crippen LogP contribution in [0, 0.1) is 5.92 Å². The number of carbonyl (C=O) groups is 1. The van der Waals surface area contributed by atoms with Gasteiger partial charge < -0.3 is 9.84 Å². The maximum atomic E-state index is 11.3. The third-order valence-corrected chi connectivity index (χ3v) is 4.00. The molecule has 0 aliphatic carbocycles. The number of carboxylic acid groups (broad SMARTS) is 1. The molecule has 1 N–H and O–H groups in total. The molecule has 110 valence electrons. The summed E-state index contributed by atoms with van der Waals surface area (Å²) in [6.07, 6.45) is 2.03. The topological polar surface area (TPSA) is 49.8 Å². The standard InChI is InChI=1S/C15H20ClNO3/c1-11-3-2-8-17(14(11)15(18)19)9-10-20-13-6-4-12(16)5-7-13/h4-7,11,14H,2-3,8-10H2,1H3,(H,18,19). The molecule has 2 atom stereocenters. The minimum Gasteiger partial charge on any atom is -0.492 e. The molecule has 0 radical (unpaired) electrons. The molecular formula is C15H20ClNO3. The summed E-state index contributed by atoms with van der Waals surface area (Å²) in [6, 6.07) is 6.79. The van der Waals surface area contributed by atoms with Crippen LogP contribution in [0.4, 0.5) is 0 Å². The number of ether oxygens (including phenoxy) is 1. The quantitative estimate of drug-likeness (QED) is 0.908. The van der Waals surface area contributed by atoms with Crippen molar-refractivity contribution < 1.29 is 14.6 Å². The van der Waals surface area contributed by atoms with Crippen molar-refractivity contribution in [1.82, 2.24) is 4.90 Å². The van der Waals surface area contributed by atoms with Crippen LogP contribution in [0.2, 0.25) is 5.02 Å². The van der Waals surface area contributed by atoms with Crippen LogP contribution < -0.4 is 4.74 Å². The minimum atomic E-state index is -0.733. The Morgan fingerprint density at radius 3 is 2.80 bits per heavy atom. The van der Waals surface area contributed by atoms with E-state index in [1.165, 1.54) is 0 Å². The molecule has 4 nitrogen and oxygen atoms in total. The highest BCUT2D eigenvalue weighted by Crippen LogP contribution is 2.23. The Balaban J connectivity index is 1.85. The van der Waals surface area contributed by atoms with Gasteiger partial charge in [0.25, 0.3) is 0 Å². The van der Waals surface area contributed by atoms with Gasteiger partial charge in [-0.2, -0.15) is 0 Å². The van der Waals surface area contributed by atoms with Gasteiger partial charge in [-0.15, -0.1) is 0 Å². The highest BCUT2D eigenvalue weighted by Gasteiger charge is 2.33. The fraction of sp³-hybridized carbons (Fsp3) is 0.533. The molecule has 1 saturated heterocycles. The number of likely N-dealkylation sites (tertiary alicyclic amines) is 1.